The van der Waals surface area contributed by atoms with Gasteiger partial charge in [-0.15, -0.1) is 5.10 Å². The van der Waals surface area contributed by atoms with E-state index in [2.05, 4.69) is 32.7 Å². The number of nitrogens with zero attached hydrogens (tertiary/aromatic N) is 7. The van der Waals surface area contributed by atoms with Crippen LogP contribution in [0.4, 0.5) is 27.5 Å². The SMILES string of the molecule is COc1cc(C(=O)NC2CCN(C)CC2)ccc1Nc1ncc2c(n1)N(C1CCCC1)CC(C)(F)/C(=N\N(O)O)N2C. The lowest BCUT2D eigenvalue weighted by atomic mass is 10.0. The van der Waals surface area contributed by atoms with Gasteiger partial charge >= 0.3 is 0 Å². The van der Waals surface area contributed by atoms with E-state index in [1.807, 2.05) is 4.90 Å². The van der Waals surface area contributed by atoms with E-state index in [1.165, 1.54) is 18.9 Å². The van der Waals surface area contributed by atoms with Crippen LogP contribution in [0.1, 0.15) is 55.8 Å². The second-order valence-corrected chi connectivity index (χ2v) is 11.5. The van der Waals surface area contributed by atoms with Gasteiger partial charge in [0.15, 0.2) is 17.3 Å². The van der Waals surface area contributed by atoms with Gasteiger partial charge in [-0.1, -0.05) is 12.8 Å². The van der Waals surface area contributed by atoms with E-state index in [-0.39, 0.29) is 41.7 Å². The molecule has 2 aliphatic heterocycles. The number of amides is 1. The summed E-state index contributed by atoms with van der Waals surface area (Å²) < 4.78 is 21.7. The Hall–Kier alpha value is -3.75. The van der Waals surface area contributed by atoms with E-state index in [1.54, 1.807) is 31.4 Å². The van der Waals surface area contributed by atoms with Crippen molar-refractivity contribution in [3.05, 3.63) is 30.0 Å². The largest absolute Gasteiger partial charge is 0.495 e. The Morgan fingerprint density at radius 2 is 1.90 bits per heavy atom. The minimum Gasteiger partial charge on any atom is -0.495 e. The summed E-state index contributed by atoms with van der Waals surface area (Å²) in [5.41, 5.74) is -0.495. The Bertz CT molecular complexity index is 1310. The van der Waals surface area contributed by atoms with Crippen LogP contribution in [0.3, 0.4) is 0 Å². The summed E-state index contributed by atoms with van der Waals surface area (Å²) in [5.74, 6) is 0.882. The number of amidine groups is 1. The maximum atomic E-state index is 16.1. The highest BCUT2D eigenvalue weighted by Gasteiger charge is 2.44. The highest BCUT2D eigenvalue weighted by molar-refractivity contribution is 6.06. The second-order valence-electron chi connectivity index (χ2n) is 11.5. The van der Waals surface area contributed by atoms with Crippen molar-refractivity contribution in [2.75, 3.05) is 56.0 Å². The number of ether oxygens (including phenoxy) is 1. The molecule has 3 heterocycles. The summed E-state index contributed by atoms with van der Waals surface area (Å²) in [4.78, 5) is 27.8. The normalized spacial score (nSPS) is 23.1. The second kappa shape index (κ2) is 12.2. The molecule has 1 unspecified atom stereocenters. The van der Waals surface area contributed by atoms with Crippen LogP contribution in [-0.4, -0.2) is 101 Å². The number of halogens is 1. The Labute approximate surface area is 244 Å². The third kappa shape index (κ3) is 6.35. The number of alkyl halides is 1. The molecule has 1 atom stereocenters. The van der Waals surface area contributed by atoms with Gasteiger partial charge in [-0.05, 0) is 76.3 Å². The maximum Gasteiger partial charge on any atom is 0.251 e. The standard InChI is InChI=1S/C28H40FN9O4/c1-28(29)17-37(20-7-5-6-8-20)24-22(36(3)26(28)34-38(40)41)16-30-27(33-24)32-21-10-9-18(15-23(21)42-4)25(39)31-19-11-13-35(2)14-12-19/h9-10,15-16,19-20,40-41H,5-8,11-14,17H2,1-4H3,(H,31,39)(H,30,32,33)/b34-26+. The van der Waals surface area contributed by atoms with Crippen LogP contribution >= 0.6 is 0 Å². The Kier molecular flexibility index (Phi) is 8.66. The number of likely N-dealkylation sites (tertiary alicyclic amines) is 1. The van der Waals surface area contributed by atoms with Crippen LogP contribution in [0.15, 0.2) is 29.5 Å². The number of anilines is 4. The summed E-state index contributed by atoms with van der Waals surface area (Å²) in [6.07, 6.45) is 7.21. The number of methoxy groups -OCH3 is 1. The van der Waals surface area contributed by atoms with Crippen molar-refractivity contribution < 1.29 is 24.3 Å². The monoisotopic (exact) mass is 585 g/mol. The Morgan fingerprint density at radius 3 is 2.57 bits per heavy atom. The van der Waals surface area contributed by atoms with Crippen molar-refractivity contribution in [3.63, 3.8) is 0 Å². The molecule has 2 fully saturated rings. The van der Waals surface area contributed by atoms with Crippen molar-refractivity contribution in [1.29, 1.82) is 0 Å². The van der Waals surface area contributed by atoms with Crippen LogP contribution in [-0.2, 0) is 0 Å². The molecule has 0 spiro atoms. The van der Waals surface area contributed by atoms with Gasteiger partial charge in [0.25, 0.3) is 5.91 Å². The highest BCUT2D eigenvalue weighted by Crippen LogP contribution is 2.40. The number of nitrogens with one attached hydrogen (secondary N) is 2. The molecule has 14 heteroatoms. The molecule has 0 radical (unpaired) electrons. The Morgan fingerprint density at radius 1 is 1.19 bits per heavy atom. The van der Waals surface area contributed by atoms with Crippen molar-refractivity contribution >= 4 is 34.9 Å². The predicted octanol–water partition coefficient (Wildman–Crippen LogP) is 3.37. The molecule has 13 nitrogen and oxygen atoms in total. The molecule has 228 valence electrons. The molecule has 42 heavy (non-hydrogen) atoms. The van der Waals surface area contributed by atoms with Gasteiger partial charge in [0, 0.05) is 24.7 Å². The average molecular weight is 586 g/mol. The fourth-order valence-electron chi connectivity index (χ4n) is 6.06. The summed E-state index contributed by atoms with van der Waals surface area (Å²) in [6, 6.07) is 5.36. The summed E-state index contributed by atoms with van der Waals surface area (Å²) in [7, 11) is 5.20. The smallest absolute Gasteiger partial charge is 0.251 e. The molecule has 1 saturated heterocycles. The first-order chi connectivity index (χ1) is 20.1. The zero-order valence-electron chi connectivity index (χ0n) is 24.5. The van der Waals surface area contributed by atoms with Gasteiger partial charge in [-0.3, -0.25) is 4.79 Å². The molecule has 1 aliphatic carbocycles. The third-order valence-electron chi connectivity index (χ3n) is 8.35. The van der Waals surface area contributed by atoms with E-state index in [0.29, 0.717) is 28.5 Å². The van der Waals surface area contributed by atoms with Crippen LogP contribution < -0.4 is 25.2 Å². The summed E-state index contributed by atoms with van der Waals surface area (Å²) in [5, 5.41) is 28.3. The van der Waals surface area contributed by atoms with Gasteiger partial charge in [-0.2, -0.15) is 4.98 Å². The molecule has 1 amide bonds. The Balaban J connectivity index is 1.42. The van der Waals surface area contributed by atoms with E-state index < -0.39 is 5.67 Å². The number of piperidine rings is 1. The molecule has 5 rings (SSSR count). The number of carbonyl (C=O) groups is 1. The lowest BCUT2D eigenvalue weighted by Crippen LogP contribution is -2.50. The van der Waals surface area contributed by atoms with Gasteiger partial charge in [-0.25, -0.2) is 19.8 Å². The molecule has 4 N–H and O–H groups in total. The highest BCUT2D eigenvalue weighted by atomic mass is 19.1. The lowest BCUT2D eigenvalue weighted by molar-refractivity contribution is -0.308. The molecule has 1 saturated carbocycles. The lowest BCUT2D eigenvalue weighted by Gasteiger charge is -2.33. The number of carbonyl (C=O) groups excluding carboxylic acids is 1. The molecule has 0 bridgehead atoms. The molecule has 1 aromatic carbocycles. The number of fused-ring (bicyclic) bond motifs is 1. The zero-order chi connectivity index (χ0) is 30.0. The quantitative estimate of drug-likeness (QED) is 0.355. The molecular weight excluding hydrogens is 545 g/mol. The van der Waals surface area contributed by atoms with E-state index in [4.69, 9.17) is 9.72 Å². The van der Waals surface area contributed by atoms with Crippen molar-refractivity contribution in [1.82, 2.24) is 25.5 Å². The zero-order valence-corrected chi connectivity index (χ0v) is 24.5. The minimum atomic E-state index is -2.03. The number of hydrazone groups is 1. The summed E-state index contributed by atoms with van der Waals surface area (Å²) >= 11 is 0. The van der Waals surface area contributed by atoms with E-state index in [9.17, 15) is 15.2 Å². The van der Waals surface area contributed by atoms with E-state index in [0.717, 1.165) is 51.6 Å². The van der Waals surface area contributed by atoms with Gasteiger partial charge in [0.2, 0.25) is 5.95 Å². The maximum absolute atomic E-state index is 16.1. The van der Waals surface area contributed by atoms with Crippen molar-refractivity contribution in [3.8, 4) is 5.75 Å². The first-order valence-corrected chi connectivity index (χ1v) is 14.3. The molecule has 3 aliphatic rings. The number of rotatable bonds is 7. The number of aromatic nitrogens is 2. The third-order valence-corrected chi connectivity index (χ3v) is 8.35. The minimum absolute atomic E-state index is 0.0607. The average Bonchev–Trinajstić information content (AvgIpc) is 3.48. The fourth-order valence-corrected chi connectivity index (χ4v) is 6.06. The number of benzene rings is 1. The van der Waals surface area contributed by atoms with Gasteiger partial charge in [0.1, 0.15) is 11.4 Å². The molecule has 1 aromatic heterocycles. The van der Waals surface area contributed by atoms with Crippen molar-refractivity contribution in [2.24, 2.45) is 5.10 Å². The van der Waals surface area contributed by atoms with Crippen LogP contribution in [0.2, 0.25) is 0 Å². The summed E-state index contributed by atoms with van der Waals surface area (Å²) in [6.45, 7) is 3.18. The van der Waals surface area contributed by atoms with Crippen LogP contribution in [0, 0.1) is 0 Å². The number of hydrogen-bond donors (Lipinski definition) is 4. The molecule has 2 aromatic rings. The topological polar surface area (TPSA) is 142 Å². The fraction of sp³-hybridized carbons (Fsp3) is 0.571. The van der Waals surface area contributed by atoms with E-state index >= 15 is 4.39 Å². The predicted molar refractivity (Wildman–Crippen MR) is 157 cm³/mol. The van der Waals surface area contributed by atoms with Gasteiger partial charge in [0.05, 0.1) is 25.5 Å². The van der Waals surface area contributed by atoms with Crippen LogP contribution in [0.5, 0.6) is 5.75 Å². The first-order valence-electron chi connectivity index (χ1n) is 14.3. The first kappa shape index (κ1) is 29.7. The van der Waals surface area contributed by atoms with Crippen LogP contribution in [0.25, 0.3) is 0 Å². The molecular formula is C28H40FN9O4. The van der Waals surface area contributed by atoms with Crippen molar-refractivity contribution in [2.45, 2.75) is 63.2 Å². The van der Waals surface area contributed by atoms with Gasteiger partial charge < -0.3 is 30.1 Å². The number of hydrogen-bond acceptors (Lipinski definition) is 11.